The second kappa shape index (κ2) is 3.00. The van der Waals surface area contributed by atoms with Gasteiger partial charge in [-0.25, -0.2) is 4.79 Å². The first kappa shape index (κ1) is 10.6. The summed E-state index contributed by atoms with van der Waals surface area (Å²) < 4.78 is 11.0. The molecule has 90 valence electrons. The zero-order valence-electron chi connectivity index (χ0n) is 10.2. The van der Waals surface area contributed by atoms with Crippen LogP contribution in [-0.2, 0) is 14.3 Å². The highest BCUT2D eigenvalue weighted by Crippen LogP contribution is 2.73. The van der Waals surface area contributed by atoms with Crippen LogP contribution in [0.5, 0.6) is 0 Å². The Labute approximate surface area is 96.5 Å². The Balaban J connectivity index is 1.94. The van der Waals surface area contributed by atoms with Crippen LogP contribution in [0.3, 0.4) is 0 Å². The summed E-state index contributed by atoms with van der Waals surface area (Å²) in [6.45, 7) is 2.04. The molecule has 0 amide bonds. The third-order valence-electron chi connectivity index (χ3n) is 5.32. The Morgan fingerprint density at radius 2 is 1.88 bits per heavy atom. The molecule has 0 aromatic heterocycles. The maximum Gasteiger partial charge on any atom is 0.341 e. The lowest BCUT2D eigenvalue weighted by Gasteiger charge is -2.43. The van der Waals surface area contributed by atoms with Crippen molar-refractivity contribution in [3.05, 3.63) is 0 Å². The number of hydrogen-bond acceptors (Lipinski definition) is 3. The van der Waals surface area contributed by atoms with Crippen LogP contribution in [0.15, 0.2) is 0 Å². The standard InChI is InChI=1S/C13H20O3/c1-3-12(10(14)15-2)13(16-12)9-5-8-11(13)6-4-7-11/h3-9H2,1-2H3. The largest absolute Gasteiger partial charge is 0.467 e. The van der Waals surface area contributed by atoms with Gasteiger partial charge in [0.15, 0.2) is 5.60 Å². The van der Waals surface area contributed by atoms with Crippen molar-refractivity contribution in [1.82, 2.24) is 0 Å². The van der Waals surface area contributed by atoms with Crippen molar-refractivity contribution < 1.29 is 14.3 Å². The molecule has 1 heterocycles. The monoisotopic (exact) mass is 224 g/mol. The molecule has 3 aliphatic rings. The molecule has 0 aromatic carbocycles. The minimum atomic E-state index is -0.599. The molecular weight excluding hydrogens is 204 g/mol. The fourth-order valence-electron chi connectivity index (χ4n) is 4.34. The lowest BCUT2D eigenvalue weighted by atomic mass is 9.59. The third-order valence-corrected chi connectivity index (χ3v) is 5.32. The van der Waals surface area contributed by atoms with Gasteiger partial charge in [0, 0.05) is 5.41 Å². The molecule has 0 bridgehead atoms. The van der Waals surface area contributed by atoms with Crippen LogP contribution >= 0.6 is 0 Å². The van der Waals surface area contributed by atoms with Gasteiger partial charge in [0.2, 0.25) is 0 Å². The van der Waals surface area contributed by atoms with Gasteiger partial charge in [-0.15, -0.1) is 0 Å². The van der Waals surface area contributed by atoms with Gasteiger partial charge in [-0.1, -0.05) is 13.3 Å². The fraction of sp³-hybridized carbons (Fsp3) is 0.923. The maximum atomic E-state index is 12.0. The number of carbonyl (C=O) groups is 1. The molecule has 0 radical (unpaired) electrons. The van der Waals surface area contributed by atoms with Gasteiger partial charge in [0.1, 0.15) is 5.60 Å². The predicted octanol–water partition coefficient (Wildman–Crippen LogP) is 2.43. The molecule has 2 spiro atoms. The molecule has 3 fully saturated rings. The van der Waals surface area contributed by atoms with Crippen molar-refractivity contribution in [2.24, 2.45) is 5.41 Å². The molecule has 0 aromatic rings. The van der Waals surface area contributed by atoms with Gasteiger partial charge in [0.25, 0.3) is 0 Å². The van der Waals surface area contributed by atoms with E-state index in [1.165, 1.54) is 39.2 Å². The summed E-state index contributed by atoms with van der Waals surface area (Å²) in [5, 5.41) is 0. The van der Waals surface area contributed by atoms with Crippen molar-refractivity contribution in [2.75, 3.05) is 7.11 Å². The first-order valence-corrected chi connectivity index (χ1v) is 6.45. The first-order valence-electron chi connectivity index (χ1n) is 6.45. The number of ether oxygens (including phenoxy) is 2. The fourth-order valence-corrected chi connectivity index (χ4v) is 4.34. The van der Waals surface area contributed by atoms with Crippen LogP contribution in [0.2, 0.25) is 0 Å². The number of epoxide rings is 1. The molecule has 1 aliphatic heterocycles. The van der Waals surface area contributed by atoms with Crippen LogP contribution in [-0.4, -0.2) is 24.3 Å². The smallest absolute Gasteiger partial charge is 0.341 e. The van der Waals surface area contributed by atoms with E-state index in [1.54, 1.807) is 0 Å². The number of methoxy groups -OCH3 is 1. The number of fused-ring (bicyclic) bond motifs is 1. The quantitative estimate of drug-likeness (QED) is 0.534. The average molecular weight is 224 g/mol. The maximum absolute atomic E-state index is 12.0. The summed E-state index contributed by atoms with van der Waals surface area (Å²) >= 11 is 0. The molecule has 3 nitrogen and oxygen atoms in total. The Morgan fingerprint density at radius 3 is 2.38 bits per heavy atom. The van der Waals surface area contributed by atoms with Crippen LogP contribution in [0.1, 0.15) is 51.9 Å². The van der Waals surface area contributed by atoms with Gasteiger partial charge >= 0.3 is 5.97 Å². The molecule has 2 atom stereocenters. The second-order valence-electron chi connectivity index (χ2n) is 5.59. The molecule has 2 unspecified atom stereocenters. The summed E-state index contributed by atoms with van der Waals surface area (Å²) in [7, 11) is 1.47. The SMILES string of the molecule is CCC1(C(=O)OC)OC12CCCC21CCC1. The summed E-state index contributed by atoms with van der Waals surface area (Å²) in [5.41, 5.74) is -0.435. The molecule has 2 aliphatic carbocycles. The van der Waals surface area contributed by atoms with E-state index in [0.717, 1.165) is 12.8 Å². The van der Waals surface area contributed by atoms with Crippen molar-refractivity contribution in [3.8, 4) is 0 Å². The summed E-state index contributed by atoms with van der Waals surface area (Å²) in [6.07, 6.45) is 8.03. The van der Waals surface area contributed by atoms with Crippen molar-refractivity contribution in [1.29, 1.82) is 0 Å². The molecule has 3 heteroatoms. The van der Waals surface area contributed by atoms with Gasteiger partial charge in [-0.2, -0.15) is 0 Å². The topological polar surface area (TPSA) is 38.8 Å². The van der Waals surface area contributed by atoms with Crippen molar-refractivity contribution in [2.45, 2.75) is 63.1 Å². The zero-order chi connectivity index (χ0) is 11.4. The average Bonchev–Trinajstić information content (AvgIpc) is 2.73. The van der Waals surface area contributed by atoms with Crippen LogP contribution < -0.4 is 0 Å². The van der Waals surface area contributed by atoms with E-state index in [2.05, 4.69) is 0 Å². The first-order chi connectivity index (χ1) is 7.66. The zero-order valence-corrected chi connectivity index (χ0v) is 10.2. The molecule has 2 saturated carbocycles. The van der Waals surface area contributed by atoms with E-state index in [1.807, 2.05) is 6.92 Å². The summed E-state index contributed by atoms with van der Waals surface area (Å²) in [5.74, 6) is -0.150. The van der Waals surface area contributed by atoms with Gasteiger partial charge in [-0.3, -0.25) is 0 Å². The van der Waals surface area contributed by atoms with Crippen molar-refractivity contribution in [3.63, 3.8) is 0 Å². The molecular formula is C13H20O3. The minimum absolute atomic E-state index is 0.150. The summed E-state index contributed by atoms with van der Waals surface area (Å²) in [4.78, 5) is 12.0. The van der Waals surface area contributed by atoms with E-state index in [9.17, 15) is 4.79 Å². The Morgan fingerprint density at radius 1 is 1.25 bits per heavy atom. The molecule has 16 heavy (non-hydrogen) atoms. The highest BCUT2D eigenvalue weighted by Gasteiger charge is 2.83. The number of hydrogen-bond donors (Lipinski definition) is 0. The van der Waals surface area contributed by atoms with E-state index < -0.39 is 5.60 Å². The van der Waals surface area contributed by atoms with Crippen LogP contribution in [0, 0.1) is 5.41 Å². The van der Waals surface area contributed by atoms with E-state index in [4.69, 9.17) is 9.47 Å². The van der Waals surface area contributed by atoms with Gasteiger partial charge in [-0.05, 0) is 38.5 Å². The Bertz CT molecular complexity index is 334. The van der Waals surface area contributed by atoms with E-state index >= 15 is 0 Å². The molecule has 1 saturated heterocycles. The summed E-state index contributed by atoms with van der Waals surface area (Å²) in [6, 6.07) is 0. The Kier molecular flexibility index (Phi) is 1.99. The Hall–Kier alpha value is -0.570. The highest BCUT2D eigenvalue weighted by atomic mass is 16.7. The second-order valence-corrected chi connectivity index (χ2v) is 5.59. The third kappa shape index (κ3) is 0.885. The number of rotatable bonds is 2. The van der Waals surface area contributed by atoms with Crippen LogP contribution in [0.25, 0.3) is 0 Å². The normalized spacial score (nSPS) is 43.4. The highest BCUT2D eigenvalue weighted by molar-refractivity contribution is 5.85. The van der Waals surface area contributed by atoms with Gasteiger partial charge < -0.3 is 9.47 Å². The number of esters is 1. The lowest BCUT2D eigenvalue weighted by molar-refractivity contribution is -0.147. The number of carbonyl (C=O) groups excluding carboxylic acids is 1. The molecule has 3 rings (SSSR count). The van der Waals surface area contributed by atoms with Gasteiger partial charge in [0.05, 0.1) is 7.11 Å². The molecule has 0 N–H and O–H groups in total. The minimum Gasteiger partial charge on any atom is -0.467 e. The predicted molar refractivity (Wildman–Crippen MR) is 59.0 cm³/mol. The lowest BCUT2D eigenvalue weighted by Crippen LogP contribution is -2.47. The van der Waals surface area contributed by atoms with E-state index in [-0.39, 0.29) is 11.6 Å². The van der Waals surface area contributed by atoms with E-state index in [0.29, 0.717) is 5.41 Å². The van der Waals surface area contributed by atoms with Crippen LogP contribution in [0.4, 0.5) is 0 Å². The van der Waals surface area contributed by atoms with Crippen molar-refractivity contribution >= 4 is 5.97 Å².